The van der Waals surface area contributed by atoms with Gasteiger partial charge in [-0.05, 0) is 26.2 Å². The second kappa shape index (κ2) is 9.37. The van der Waals surface area contributed by atoms with Crippen molar-refractivity contribution < 1.29 is 0 Å². The molecule has 0 saturated heterocycles. The van der Waals surface area contributed by atoms with Crippen LogP contribution in [0, 0.1) is 11.3 Å². The van der Waals surface area contributed by atoms with Crippen molar-refractivity contribution in [2.24, 2.45) is 0 Å². The molecular weight excluding hydrogens is 232 g/mol. The molecular formula is C17H32N2. The van der Waals surface area contributed by atoms with E-state index < -0.39 is 0 Å². The Bertz CT molecular complexity index is 255. The number of nitrogens with zero attached hydrogens (tertiary/aromatic N) is 1. The summed E-state index contributed by atoms with van der Waals surface area (Å²) in [7, 11) is 0. The first-order chi connectivity index (χ1) is 9.22. The van der Waals surface area contributed by atoms with E-state index in [9.17, 15) is 5.26 Å². The van der Waals surface area contributed by atoms with Crippen molar-refractivity contribution in [1.82, 2.24) is 5.32 Å². The molecule has 1 atom stereocenters. The first-order valence-electron chi connectivity index (χ1n) is 8.41. The smallest absolute Gasteiger partial charge is 0.106 e. The molecule has 0 aromatic heterocycles. The van der Waals surface area contributed by atoms with Gasteiger partial charge in [-0.2, -0.15) is 5.26 Å². The summed E-state index contributed by atoms with van der Waals surface area (Å²) in [5, 5.41) is 13.3. The van der Waals surface area contributed by atoms with Gasteiger partial charge in [0, 0.05) is 6.04 Å². The highest BCUT2D eigenvalue weighted by atomic mass is 15.0. The molecule has 0 spiro atoms. The van der Waals surface area contributed by atoms with Crippen molar-refractivity contribution in [2.45, 2.75) is 102 Å². The molecule has 1 fully saturated rings. The van der Waals surface area contributed by atoms with Gasteiger partial charge in [-0.15, -0.1) is 0 Å². The second-order valence-electron chi connectivity index (χ2n) is 6.33. The van der Waals surface area contributed by atoms with Crippen LogP contribution in [0.3, 0.4) is 0 Å². The fourth-order valence-corrected chi connectivity index (χ4v) is 3.08. The molecule has 1 rings (SSSR count). The molecule has 0 heterocycles. The minimum Gasteiger partial charge on any atom is -0.297 e. The first-order valence-corrected chi connectivity index (χ1v) is 8.41. The topological polar surface area (TPSA) is 35.8 Å². The van der Waals surface area contributed by atoms with Crippen molar-refractivity contribution in [2.75, 3.05) is 0 Å². The largest absolute Gasteiger partial charge is 0.297 e. The number of rotatable bonds is 3. The van der Waals surface area contributed by atoms with E-state index >= 15 is 0 Å². The third-order valence-corrected chi connectivity index (χ3v) is 4.56. The van der Waals surface area contributed by atoms with Crippen LogP contribution in [0.1, 0.15) is 90.9 Å². The molecule has 0 aromatic carbocycles. The molecule has 2 nitrogen and oxygen atoms in total. The molecule has 1 aliphatic rings. The quantitative estimate of drug-likeness (QED) is 0.783. The SMILES string of the molecule is CCC(C)NC1(C#N)CCCCCCCCCCC1. The Morgan fingerprint density at radius 1 is 0.947 bits per heavy atom. The van der Waals surface area contributed by atoms with Crippen LogP contribution < -0.4 is 5.32 Å². The molecule has 1 unspecified atom stereocenters. The molecule has 2 heteroatoms. The fraction of sp³-hybridized carbons (Fsp3) is 0.941. The minimum atomic E-state index is -0.255. The van der Waals surface area contributed by atoms with Crippen molar-refractivity contribution in [1.29, 1.82) is 5.26 Å². The highest BCUT2D eigenvalue weighted by molar-refractivity contribution is 5.07. The van der Waals surface area contributed by atoms with Gasteiger partial charge in [0.2, 0.25) is 0 Å². The van der Waals surface area contributed by atoms with Gasteiger partial charge >= 0.3 is 0 Å². The fourth-order valence-electron chi connectivity index (χ4n) is 3.08. The van der Waals surface area contributed by atoms with E-state index in [0.29, 0.717) is 6.04 Å². The molecule has 1 N–H and O–H groups in total. The molecule has 110 valence electrons. The number of hydrogen-bond acceptors (Lipinski definition) is 2. The van der Waals surface area contributed by atoms with Crippen LogP contribution in [-0.2, 0) is 0 Å². The lowest BCUT2D eigenvalue weighted by molar-refractivity contribution is 0.297. The predicted molar refractivity (Wildman–Crippen MR) is 82.0 cm³/mol. The van der Waals surface area contributed by atoms with E-state index in [1.165, 1.54) is 57.8 Å². The zero-order valence-corrected chi connectivity index (χ0v) is 13.0. The average Bonchev–Trinajstić information content (AvgIpc) is 2.42. The summed E-state index contributed by atoms with van der Waals surface area (Å²) in [4.78, 5) is 0. The Morgan fingerprint density at radius 2 is 1.37 bits per heavy atom. The van der Waals surface area contributed by atoms with E-state index in [2.05, 4.69) is 25.2 Å². The van der Waals surface area contributed by atoms with E-state index in [1.54, 1.807) is 0 Å². The summed E-state index contributed by atoms with van der Waals surface area (Å²) in [5.74, 6) is 0. The molecule has 0 bridgehead atoms. The van der Waals surface area contributed by atoms with Gasteiger partial charge in [0.05, 0.1) is 6.07 Å². The summed E-state index contributed by atoms with van der Waals surface area (Å²) >= 11 is 0. The van der Waals surface area contributed by atoms with Crippen LogP contribution in [0.15, 0.2) is 0 Å². The maximum absolute atomic E-state index is 9.68. The maximum Gasteiger partial charge on any atom is 0.106 e. The van der Waals surface area contributed by atoms with E-state index in [0.717, 1.165) is 19.3 Å². The van der Waals surface area contributed by atoms with Crippen molar-refractivity contribution in [3.05, 3.63) is 0 Å². The number of hydrogen-bond donors (Lipinski definition) is 1. The van der Waals surface area contributed by atoms with Gasteiger partial charge < -0.3 is 0 Å². The van der Waals surface area contributed by atoms with Crippen LogP contribution in [0.4, 0.5) is 0 Å². The maximum atomic E-state index is 9.68. The highest BCUT2D eigenvalue weighted by Gasteiger charge is 2.29. The van der Waals surface area contributed by atoms with Crippen LogP contribution >= 0.6 is 0 Å². The third-order valence-electron chi connectivity index (χ3n) is 4.56. The van der Waals surface area contributed by atoms with Gasteiger partial charge in [0.1, 0.15) is 5.54 Å². The van der Waals surface area contributed by atoms with Crippen molar-refractivity contribution in [3.63, 3.8) is 0 Å². The second-order valence-corrected chi connectivity index (χ2v) is 6.33. The van der Waals surface area contributed by atoms with E-state index in [-0.39, 0.29) is 5.54 Å². The Hall–Kier alpha value is -0.550. The van der Waals surface area contributed by atoms with E-state index in [4.69, 9.17) is 0 Å². The number of nitrogens with one attached hydrogen (secondary N) is 1. The number of nitriles is 1. The van der Waals surface area contributed by atoms with Gasteiger partial charge in [-0.3, -0.25) is 5.32 Å². The average molecular weight is 264 g/mol. The Morgan fingerprint density at radius 3 is 1.74 bits per heavy atom. The molecule has 0 amide bonds. The van der Waals surface area contributed by atoms with Crippen molar-refractivity contribution >= 4 is 0 Å². The summed E-state index contributed by atoms with van der Waals surface area (Å²) in [6.07, 6.45) is 15.1. The van der Waals surface area contributed by atoms with Gasteiger partial charge in [-0.25, -0.2) is 0 Å². The summed E-state index contributed by atoms with van der Waals surface area (Å²) in [5.41, 5.74) is -0.255. The Kier molecular flexibility index (Phi) is 8.14. The predicted octanol–water partition coefficient (Wildman–Crippen LogP) is 4.94. The molecule has 0 aliphatic heterocycles. The van der Waals surface area contributed by atoms with Gasteiger partial charge in [0.15, 0.2) is 0 Å². The van der Waals surface area contributed by atoms with Crippen LogP contribution in [0.5, 0.6) is 0 Å². The van der Waals surface area contributed by atoms with Gasteiger partial charge in [-0.1, -0.05) is 64.7 Å². The summed E-state index contributed by atoms with van der Waals surface area (Å²) in [6, 6.07) is 3.07. The van der Waals surface area contributed by atoms with Gasteiger partial charge in [0.25, 0.3) is 0 Å². The zero-order chi connectivity index (χ0) is 14.0. The van der Waals surface area contributed by atoms with Crippen LogP contribution in [0.2, 0.25) is 0 Å². The zero-order valence-electron chi connectivity index (χ0n) is 13.0. The van der Waals surface area contributed by atoms with Crippen LogP contribution in [0.25, 0.3) is 0 Å². The lowest BCUT2D eigenvalue weighted by Gasteiger charge is -2.31. The van der Waals surface area contributed by atoms with Crippen molar-refractivity contribution in [3.8, 4) is 6.07 Å². The highest BCUT2D eigenvalue weighted by Crippen LogP contribution is 2.25. The Labute approximate surface area is 120 Å². The lowest BCUT2D eigenvalue weighted by atomic mass is 9.86. The molecule has 0 radical (unpaired) electrons. The standard InChI is InChI=1S/C17H32N2/c1-3-16(2)19-17(15-18)13-11-9-7-5-4-6-8-10-12-14-17/h16,19H,3-14H2,1-2H3. The van der Waals surface area contributed by atoms with Crippen LogP contribution in [-0.4, -0.2) is 11.6 Å². The molecule has 0 aromatic rings. The normalized spacial score (nSPS) is 23.6. The summed E-state index contributed by atoms with van der Waals surface area (Å²) in [6.45, 7) is 4.40. The monoisotopic (exact) mass is 264 g/mol. The lowest BCUT2D eigenvalue weighted by Crippen LogP contribution is -2.48. The van der Waals surface area contributed by atoms with E-state index in [1.807, 2.05) is 0 Å². The Balaban J connectivity index is 2.58. The molecule has 1 aliphatic carbocycles. The summed E-state index contributed by atoms with van der Waals surface area (Å²) < 4.78 is 0. The minimum absolute atomic E-state index is 0.255. The molecule has 19 heavy (non-hydrogen) atoms. The molecule has 1 saturated carbocycles. The third kappa shape index (κ3) is 6.43. The first kappa shape index (κ1) is 16.5.